The van der Waals surface area contributed by atoms with Gasteiger partial charge in [0.2, 0.25) is 11.8 Å². The standard InChI is InChI=1S/C28H35N3O6.CH4/c1-4-36-27(34)23(16-15-21-11-7-5-8-12-21)29-20(2)26(33)31-24(17-30(3)18-25(31)32)28(35)37-19-22-13-9-6-10-14-22;/h5-14,20,23-24,29H,4,15-19H2,1-3H3;1H4. The Labute approximate surface area is 225 Å². The number of piperazine rings is 1. The Morgan fingerprint density at radius 2 is 1.61 bits per heavy atom. The van der Waals surface area contributed by atoms with Gasteiger partial charge in [-0.3, -0.25) is 29.5 Å². The van der Waals surface area contributed by atoms with Crippen molar-refractivity contribution in [3.05, 3.63) is 71.8 Å². The van der Waals surface area contributed by atoms with Crippen LogP contribution in [-0.2, 0) is 41.7 Å². The summed E-state index contributed by atoms with van der Waals surface area (Å²) in [6.07, 6.45) is 1.000. The Kier molecular flexibility index (Phi) is 12.1. The van der Waals surface area contributed by atoms with Crippen molar-refractivity contribution in [2.75, 3.05) is 26.7 Å². The van der Waals surface area contributed by atoms with Gasteiger partial charge in [0.15, 0.2) is 0 Å². The lowest BCUT2D eigenvalue weighted by Crippen LogP contribution is -2.64. The second kappa shape index (κ2) is 15.0. The van der Waals surface area contributed by atoms with Crippen molar-refractivity contribution in [3.8, 4) is 0 Å². The van der Waals surface area contributed by atoms with Gasteiger partial charge < -0.3 is 9.47 Å². The highest BCUT2D eigenvalue weighted by molar-refractivity contribution is 6.03. The molecule has 0 aliphatic carbocycles. The van der Waals surface area contributed by atoms with Gasteiger partial charge in [0.05, 0.1) is 19.2 Å². The summed E-state index contributed by atoms with van der Waals surface area (Å²) in [4.78, 5) is 54.7. The van der Waals surface area contributed by atoms with Crippen LogP contribution in [0.2, 0.25) is 0 Å². The highest BCUT2D eigenvalue weighted by Gasteiger charge is 2.42. The minimum atomic E-state index is -1.09. The van der Waals surface area contributed by atoms with E-state index in [2.05, 4.69) is 5.32 Å². The molecule has 206 valence electrons. The fourth-order valence-corrected chi connectivity index (χ4v) is 4.25. The van der Waals surface area contributed by atoms with Gasteiger partial charge >= 0.3 is 11.9 Å². The van der Waals surface area contributed by atoms with Crippen molar-refractivity contribution < 1.29 is 28.7 Å². The average Bonchev–Trinajstić information content (AvgIpc) is 2.90. The van der Waals surface area contributed by atoms with E-state index in [1.165, 1.54) is 0 Å². The van der Waals surface area contributed by atoms with Crippen LogP contribution in [0.4, 0.5) is 0 Å². The monoisotopic (exact) mass is 525 g/mol. The van der Waals surface area contributed by atoms with E-state index in [4.69, 9.17) is 9.47 Å². The number of ether oxygens (including phenoxy) is 2. The molecule has 2 aromatic carbocycles. The maximum atomic E-state index is 13.5. The van der Waals surface area contributed by atoms with Crippen LogP contribution in [0, 0.1) is 0 Å². The summed E-state index contributed by atoms with van der Waals surface area (Å²) in [6, 6.07) is 16.1. The SMILES string of the molecule is C.CCOC(=O)C(CCc1ccccc1)NC(C)C(=O)N1C(=O)CN(C)CC1C(=O)OCc1ccccc1. The molecule has 1 aliphatic rings. The van der Waals surface area contributed by atoms with Gasteiger partial charge in [-0.1, -0.05) is 68.1 Å². The number of hydrogen-bond acceptors (Lipinski definition) is 8. The highest BCUT2D eigenvalue weighted by Crippen LogP contribution is 2.16. The normalized spacial score (nSPS) is 17.2. The van der Waals surface area contributed by atoms with E-state index >= 15 is 0 Å². The molecule has 2 aromatic rings. The number of nitrogens with zero attached hydrogens (tertiary/aromatic N) is 2. The van der Waals surface area contributed by atoms with Crippen LogP contribution in [0.15, 0.2) is 60.7 Å². The molecule has 0 aromatic heterocycles. The summed E-state index contributed by atoms with van der Waals surface area (Å²) >= 11 is 0. The number of aryl methyl sites for hydroxylation is 1. The number of likely N-dealkylation sites (N-methyl/N-ethyl adjacent to an activating group) is 1. The van der Waals surface area contributed by atoms with Gasteiger partial charge in [0.1, 0.15) is 18.7 Å². The zero-order chi connectivity index (χ0) is 26.8. The first-order chi connectivity index (χ1) is 17.8. The third-order valence-corrected chi connectivity index (χ3v) is 6.16. The minimum absolute atomic E-state index is 0. The molecule has 9 nitrogen and oxygen atoms in total. The van der Waals surface area contributed by atoms with Crippen LogP contribution in [0.5, 0.6) is 0 Å². The van der Waals surface area contributed by atoms with E-state index in [0.717, 1.165) is 16.0 Å². The fourth-order valence-electron chi connectivity index (χ4n) is 4.25. The van der Waals surface area contributed by atoms with Crippen LogP contribution in [-0.4, -0.2) is 78.4 Å². The van der Waals surface area contributed by atoms with Crippen LogP contribution < -0.4 is 5.32 Å². The predicted molar refractivity (Wildman–Crippen MR) is 144 cm³/mol. The largest absolute Gasteiger partial charge is 0.465 e. The van der Waals surface area contributed by atoms with E-state index < -0.39 is 41.9 Å². The molecular formula is C29H39N3O6. The third kappa shape index (κ3) is 8.49. The number of benzene rings is 2. The quantitative estimate of drug-likeness (QED) is 0.447. The fraction of sp³-hybridized carbons (Fsp3) is 0.448. The molecule has 1 N–H and O–H groups in total. The molecule has 0 saturated carbocycles. The molecule has 0 bridgehead atoms. The molecule has 0 spiro atoms. The number of rotatable bonds is 11. The second-order valence-corrected chi connectivity index (χ2v) is 9.13. The van der Waals surface area contributed by atoms with Crippen molar-refractivity contribution in [1.82, 2.24) is 15.1 Å². The first kappa shape index (κ1) is 30.7. The predicted octanol–water partition coefficient (Wildman–Crippen LogP) is 2.58. The Hall–Kier alpha value is -3.56. The Morgan fingerprint density at radius 1 is 1.00 bits per heavy atom. The summed E-state index contributed by atoms with van der Waals surface area (Å²) in [7, 11) is 1.71. The number of esters is 2. The van der Waals surface area contributed by atoms with Gasteiger partial charge in [-0.25, -0.2) is 4.79 Å². The highest BCUT2D eigenvalue weighted by atomic mass is 16.5. The third-order valence-electron chi connectivity index (χ3n) is 6.16. The molecule has 1 fully saturated rings. The number of nitrogens with one attached hydrogen (secondary N) is 1. The first-order valence-electron chi connectivity index (χ1n) is 12.5. The van der Waals surface area contributed by atoms with Crippen LogP contribution >= 0.6 is 0 Å². The van der Waals surface area contributed by atoms with E-state index in [9.17, 15) is 19.2 Å². The molecule has 1 saturated heterocycles. The van der Waals surface area contributed by atoms with Crippen LogP contribution in [0.3, 0.4) is 0 Å². The molecule has 0 radical (unpaired) electrons. The first-order valence-corrected chi connectivity index (χ1v) is 12.5. The number of hydrogen-bond donors (Lipinski definition) is 1. The maximum Gasteiger partial charge on any atom is 0.331 e. The van der Waals surface area contributed by atoms with Crippen molar-refractivity contribution in [2.24, 2.45) is 0 Å². The van der Waals surface area contributed by atoms with Crippen LogP contribution in [0.25, 0.3) is 0 Å². The summed E-state index contributed by atoms with van der Waals surface area (Å²) < 4.78 is 10.7. The topological polar surface area (TPSA) is 105 Å². The van der Waals surface area contributed by atoms with Gasteiger partial charge in [0.25, 0.3) is 0 Å². The van der Waals surface area contributed by atoms with E-state index in [1.54, 1.807) is 25.8 Å². The lowest BCUT2D eigenvalue weighted by molar-refractivity contribution is -0.167. The zero-order valence-electron chi connectivity index (χ0n) is 21.6. The van der Waals surface area contributed by atoms with Gasteiger partial charge in [-0.2, -0.15) is 0 Å². The van der Waals surface area contributed by atoms with Crippen molar-refractivity contribution in [3.63, 3.8) is 0 Å². The van der Waals surface area contributed by atoms with Gasteiger partial charge in [-0.15, -0.1) is 0 Å². The number of amides is 2. The molecular weight excluding hydrogens is 486 g/mol. The lowest BCUT2D eigenvalue weighted by Gasteiger charge is -2.38. The molecule has 9 heteroatoms. The van der Waals surface area contributed by atoms with Crippen molar-refractivity contribution >= 4 is 23.8 Å². The van der Waals surface area contributed by atoms with Crippen molar-refractivity contribution in [2.45, 2.75) is 58.8 Å². The molecule has 1 heterocycles. The van der Waals surface area contributed by atoms with Gasteiger partial charge in [0, 0.05) is 6.54 Å². The molecule has 3 rings (SSSR count). The minimum Gasteiger partial charge on any atom is -0.465 e. The van der Waals surface area contributed by atoms with E-state index in [-0.39, 0.29) is 33.7 Å². The van der Waals surface area contributed by atoms with Gasteiger partial charge in [-0.05, 0) is 44.9 Å². The Balaban J connectivity index is 0.00000507. The number of carbonyl (C=O) groups is 4. The smallest absolute Gasteiger partial charge is 0.331 e. The molecule has 3 atom stereocenters. The summed E-state index contributed by atoms with van der Waals surface area (Å²) in [5.74, 6) is -2.21. The molecule has 1 aliphatic heterocycles. The zero-order valence-corrected chi connectivity index (χ0v) is 21.6. The molecule has 3 unspecified atom stereocenters. The lowest BCUT2D eigenvalue weighted by atomic mass is 10.0. The number of imide groups is 1. The molecule has 2 amide bonds. The second-order valence-electron chi connectivity index (χ2n) is 9.13. The van der Waals surface area contributed by atoms with Crippen molar-refractivity contribution in [1.29, 1.82) is 0 Å². The Morgan fingerprint density at radius 3 is 2.21 bits per heavy atom. The summed E-state index contributed by atoms with van der Waals surface area (Å²) in [6.45, 7) is 3.69. The maximum absolute atomic E-state index is 13.5. The van der Waals surface area contributed by atoms with Crippen LogP contribution in [0.1, 0.15) is 38.8 Å². The average molecular weight is 526 g/mol. The summed E-state index contributed by atoms with van der Waals surface area (Å²) in [5.41, 5.74) is 1.85. The number of carbonyl (C=O) groups excluding carboxylic acids is 4. The Bertz CT molecular complexity index is 1060. The van der Waals surface area contributed by atoms with E-state index in [1.807, 2.05) is 60.7 Å². The van der Waals surface area contributed by atoms with E-state index in [0.29, 0.717) is 12.8 Å². The summed E-state index contributed by atoms with van der Waals surface area (Å²) in [5, 5.41) is 3.03. The molecule has 38 heavy (non-hydrogen) atoms.